The van der Waals surface area contributed by atoms with E-state index >= 15 is 0 Å². The number of nitrogens with one attached hydrogen (secondary N) is 1. The summed E-state index contributed by atoms with van der Waals surface area (Å²) in [4.78, 5) is 0. The number of nitrogens with zero attached hydrogens (tertiary/aromatic N) is 2. The normalized spacial score (nSPS) is 20.1. The van der Waals surface area contributed by atoms with Crippen LogP contribution in [-0.4, -0.2) is 50.3 Å². The highest BCUT2D eigenvalue weighted by Gasteiger charge is 2.15. The van der Waals surface area contributed by atoms with Gasteiger partial charge in [-0.2, -0.15) is 0 Å². The molecule has 1 rings (SSSR count). The maximum absolute atomic E-state index is 3.40. The molecule has 13 heavy (non-hydrogen) atoms. The van der Waals surface area contributed by atoms with E-state index in [1.807, 2.05) is 0 Å². The molecule has 3 nitrogen and oxygen atoms in total. The van der Waals surface area contributed by atoms with Crippen LogP contribution in [0.2, 0.25) is 0 Å². The Morgan fingerprint density at radius 2 is 1.77 bits per heavy atom. The first-order valence-corrected chi connectivity index (χ1v) is 5.37. The lowest BCUT2D eigenvalue weighted by atomic mass is 9.98. The molecule has 1 fully saturated rings. The summed E-state index contributed by atoms with van der Waals surface area (Å²) in [5, 5.41) is 8.02. The molecule has 0 atom stereocenters. The summed E-state index contributed by atoms with van der Waals surface area (Å²) in [6, 6.07) is 0. The van der Waals surface area contributed by atoms with E-state index in [9.17, 15) is 0 Å². The molecule has 0 radical (unpaired) electrons. The van der Waals surface area contributed by atoms with Crippen molar-refractivity contribution in [3.8, 4) is 0 Å². The van der Waals surface area contributed by atoms with Gasteiger partial charge in [-0.3, -0.25) is 0 Å². The molecule has 0 spiro atoms. The minimum absolute atomic E-state index is 0.889. The lowest BCUT2D eigenvalue weighted by Crippen LogP contribution is -2.42. The van der Waals surface area contributed by atoms with Crippen molar-refractivity contribution in [1.29, 1.82) is 0 Å². The van der Waals surface area contributed by atoms with Crippen molar-refractivity contribution in [2.45, 2.75) is 19.8 Å². The molecule has 0 aromatic carbocycles. The topological polar surface area (TPSA) is 18.5 Å². The van der Waals surface area contributed by atoms with Crippen LogP contribution in [0, 0.1) is 5.92 Å². The van der Waals surface area contributed by atoms with Crippen molar-refractivity contribution < 1.29 is 0 Å². The van der Waals surface area contributed by atoms with Gasteiger partial charge in [-0.25, -0.2) is 10.0 Å². The van der Waals surface area contributed by atoms with Gasteiger partial charge in [0.15, 0.2) is 0 Å². The van der Waals surface area contributed by atoms with E-state index in [1.54, 1.807) is 0 Å². The first kappa shape index (κ1) is 11.0. The molecule has 1 saturated heterocycles. The molecule has 0 aromatic rings. The molecule has 0 amide bonds. The van der Waals surface area contributed by atoms with Crippen LogP contribution >= 0.6 is 0 Å². The summed E-state index contributed by atoms with van der Waals surface area (Å²) in [5.41, 5.74) is 0. The van der Waals surface area contributed by atoms with Crippen molar-refractivity contribution >= 4 is 0 Å². The van der Waals surface area contributed by atoms with Gasteiger partial charge >= 0.3 is 0 Å². The molecule has 0 unspecified atom stereocenters. The second-order valence-electron chi connectivity index (χ2n) is 4.01. The third-order valence-electron chi connectivity index (χ3n) is 3.02. The predicted octanol–water partition coefficient (Wildman–Crippen LogP) is 0.785. The Bertz CT molecular complexity index is 132. The van der Waals surface area contributed by atoms with E-state index in [2.05, 4.69) is 36.4 Å². The largest absolute Gasteiger partial charge is 0.317 e. The lowest BCUT2D eigenvalue weighted by molar-refractivity contribution is 0.0135. The van der Waals surface area contributed by atoms with E-state index < -0.39 is 0 Å². The number of hydrazine groups is 1. The van der Waals surface area contributed by atoms with Crippen LogP contribution in [0.25, 0.3) is 0 Å². The smallest absolute Gasteiger partial charge is 0.0159 e. The zero-order valence-corrected chi connectivity index (χ0v) is 9.21. The van der Waals surface area contributed by atoms with Gasteiger partial charge in [0.05, 0.1) is 0 Å². The summed E-state index contributed by atoms with van der Waals surface area (Å²) in [7, 11) is 4.34. The highest BCUT2D eigenvalue weighted by atomic mass is 15.6. The van der Waals surface area contributed by atoms with Gasteiger partial charge in [0, 0.05) is 27.2 Å². The molecule has 1 N–H and O–H groups in total. The Balaban J connectivity index is 2.21. The van der Waals surface area contributed by atoms with Gasteiger partial charge in [-0.1, -0.05) is 6.92 Å². The summed E-state index contributed by atoms with van der Waals surface area (Å²) >= 11 is 0. The van der Waals surface area contributed by atoms with Crippen LogP contribution in [0.4, 0.5) is 0 Å². The van der Waals surface area contributed by atoms with Crippen LogP contribution in [0.5, 0.6) is 0 Å². The average molecular weight is 185 g/mol. The van der Waals surface area contributed by atoms with E-state index in [4.69, 9.17) is 0 Å². The quantitative estimate of drug-likeness (QED) is 0.653. The third kappa shape index (κ3) is 3.63. The second-order valence-corrected chi connectivity index (χ2v) is 4.01. The molecule has 3 heteroatoms. The monoisotopic (exact) mass is 185 g/mol. The van der Waals surface area contributed by atoms with Gasteiger partial charge < -0.3 is 5.32 Å². The molecular weight excluding hydrogens is 162 g/mol. The lowest BCUT2D eigenvalue weighted by Gasteiger charge is -2.32. The Kier molecular flexibility index (Phi) is 4.70. The van der Waals surface area contributed by atoms with Crippen molar-refractivity contribution in [3.63, 3.8) is 0 Å². The van der Waals surface area contributed by atoms with E-state index in [0.29, 0.717) is 0 Å². The van der Waals surface area contributed by atoms with Gasteiger partial charge in [0.2, 0.25) is 0 Å². The number of hydrogen-bond donors (Lipinski definition) is 1. The van der Waals surface area contributed by atoms with Crippen LogP contribution < -0.4 is 5.32 Å². The zero-order chi connectivity index (χ0) is 9.68. The van der Waals surface area contributed by atoms with E-state index in [1.165, 1.54) is 32.5 Å². The highest BCUT2D eigenvalue weighted by Crippen LogP contribution is 2.12. The van der Waals surface area contributed by atoms with Gasteiger partial charge in [0.1, 0.15) is 0 Å². The Morgan fingerprint density at radius 1 is 1.15 bits per heavy atom. The fourth-order valence-corrected chi connectivity index (χ4v) is 1.82. The SMILES string of the molecule is CCN(C)N(C)CC1CCNCC1. The first-order chi connectivity index (χ1) is 6.24. The summed E-state index contributed by atoms with van der Waals surface area (Å²) < 4.78 is 0. The Morgan fingerprint density at radius 3 is 2.31 bits per heavy atom. The molecular formula is C10H23N3. The summed E-state index contributed by atoms with van der Waals surface area (Å²) in [5.74, 6) is 0.889. The van der Waals surface area contributed by atoms with Gasteiger partial charge in [-0.15, -0.1) is 0 Å². The van der Waals surface area contributed by atoms with Crippen LogP contribution in [-0.2, 0) is 0 Å². The van der Waals surface area contributed by atoms with E-state index in [-0.39, 0.29) is 0 Å². The average Bonchev–Trinajstić information content (AvgIpc) is 2.18. The van der Waals surface area contributed by atoms with Crippen LogP contribution in [0.1, 0.15) is 19.8 Å². The third-order valence-corrected chi connectivity index (χ3v) is 3.02. The molecule has 1 aliphatic heterocycles. The van der Waals surface area contributed by atoms with Gasteiger partial charge in [-0.05, 0) is 31.8 Å². The van der Waals surface area contributed by atoms with Crippen molar-refractivity contribution in [3.05, 3.63) is 0 Å². The summed E-state index contributed by atoms with van der Waals surface area (Å²) in [6.07, 6.45) is 2.67. The molecule has 78 valence electrons. The van der Waals surface area contributed by atoms with Gasteiger partial charge in [0.25, 0.3) is 0 Å². The standard InChI is InChI=1S/C10H23N3/c1-4-12(2)13(3)9-10-5-7-11-8-6-10/h10-11H,4-9H2,1-3H3. The van der Waals surface area contributed by atoms with Crippen molar-refractivity contribution in [2.24, 2.45) is 5.92 Å². The Hall–Kier alpha value is -0.120. The number of rotatable bonds is 4. The maximum atomic E-state index is 3.40. The van der Waals surface area contributed by atoms with Crippen LogP contribution in [0.15, 0.2) is 0 Å². The fraction of sp³-hybridized carbons (Fsp3) is 1.00. The second kappa shape index (κ2) is 5.58. The van der Waals surface area contributed by atoms with Crippen molar-refractivity contribution in [2.75, 3.05) is 40.3 Å². The number of hydrogen-bond acceptors (Lipinski definition) is 3. The molecule has 0 aromatic heterocycles. The van der Waals surface area contributed by atoms with Crippen molar-refractivity contribution in [1.82, 2.24) is 15.3 Å². The minimum atomic E-state index is 0.889. The molecule has 1 aliphatic rings. The molecule has 1 heterocycles. The molecule has 0 bridgehead atoms. The van der Waals surface area contributed by atoms with E-state index in [0.717, 1.165) is 12.5 Å². The summed E-state index contributed by atoms with van der Waals surface area (Å²) in [6.45, 7) is 6.91. The Labute approximate surface area is 82.1 Å². The fourth-order valence-electron chi connectivity index (χ4n) is 1.82. The number of piperidine rings is 1. The predicted molar refractivity (Wildman–Crippen MR) is 56.5 cm³/mol. The molecule has 0 saturated carbocycles. The molecule has 0 aliphatic carbocycles. The minimum Gasteiger partial charge on any atom is -0.317 e. The zero-order valence-electron chi connectivity index (χ0n) is 9.21. The highest BCUT2D eigenvalue weighted by molar-refractivity contribution is 4.70. The maximum Gasteiger partial charge on any atom is 0.0159 e. The van der Waals surface area contributed by atoms with Crippen LogP contribution in [0.3, 0.4) is 0 Å². The first-order valence-electron chi connectivity index (χ1n) is 5.37.